The molecule has 0 aromatic heterocycles. The van der Waals surface area contributed by atoms with E-state index >= 15 is 0 Å². The van der Waals surface area contributed by atoms with E-state index in [0.717, 1.165) is 5.56 Å². The third-order valence-electron chi connectivity index (χ3n) is 2.54. The molecule has 1 heterocycles. The van der Waals surface area contributed by atoms with Gasteiger partial charge in [0.25, 0.3) is 0 Å². The topological polar surface area (TPSA) is 55.7 Å². The van der Waals surface area contributed by atoms with Crippen LogP contribution in [-0.2, 0) is 14.6 Å². The quantitative estimate of drug-likeness (QED) is 0.806. The molecular weight excluding hydrogens is 297 g/mol. The van der Waals surface area contributed by atoms with Gasteiger partial charge in [0.05, 0.1) is 11.4 Å². The second-order valence-corrected chi connectivity index (χ2v) is 7.04. The number of sulfone groups is 1. The standard InChI is InChI=1S/C11H11Cl2NO3S/c1-18(15,16)8-4-2-7(3-5-8)9-6-14-11(17-9)10(12)13/h2-5,9-10H,6H2,1H3. The molecule has 18 heavy (non-hydrogen) atoms. The molecule has 0 bridgehead atoms. The zero-order valence-corrected chi connectivity index (χ0v) is 11.8. The van der Waals surface area contributed by atoms with Crippen molar-refractivity contribution in [2.24, 2.45) is 4.99 Å². The number of rotatable bonds is 3. The Labute approximate surface area is 115 Å². The molecule has 0 saturated carbocycles. The normalized spacial score (nSPS) is 19.8. The van der Waals surface area contributed by atoms with Crippen LogP contribution >= 0.6 is 23.2 Å². The molecule has 1 aliphatic rings. The first-order valence-corrected chi connectivity index (χ1v) is 7.93. The molecule has 2 rings (SSSR count). The van der Waals surface area contributed by atoms with Crippen molar-refractivity contribution >= 4 is 38.9 Å². The maximum Gasteiger partial charge on any atom is 0.218 e. The van der Waals surface area contributed by atoms with Crippen molar-refractivity contribution in [1.29, 1.82) is 0 Å². The van der Waals surface area contributed by atoms with Crippen LogP contribution in [0.15, 0.2) is 34.2 Å². The van der Waals surface area contributed by atoms with E-state index in [1.54, 1.807) is 24.3 Å². The average Bonchev–Trinajstić information content (AvgIpc) is 2.77. The molecule has 1 aliphatic heterocycles. The first-order valence-electron chi connectivity index (χ1n) is 5.17. The average molecular weight is 308 g/mol. The summed E-state index contributed by atoms with van der Waals surface area (Å²) in [7, 11) is -3.18. The Morgan fingerprint density at radius 2 is 1.94 bits per heavy atom. The zero-order valence-electron chi connectivity index (χ0n) is 9.51. The van der Waals surface area contributed by atoms with Gasteiger partial charge < -0.3 is 4.74 Å². The number of benzene rings is 1. The van der Waals surface area contributed by atoms with Crippen LogP contribution < -0.4 is 0 Å². The monoisotopic (exact) mass is 307 g/mol. The predicted molar refractivity (Wildman–Crippen MR) is 71.2 cm³/mol. The van der Waals surface area contributed by atoms with Crippen molar-refractivity contribution in [3.63, 3.8) is 0 Å². The molecule has 0 radical (unpaired) electrons. The summed E-state index contributed by atoms with van der Waals surface area (Å²) >= 11 is 11.3. The summed E-state index contributed by atoms with van der Waals surface area (Å²) in [5.74, 6) is 0.301. The van der Waals surface area contributed by atoms with Crippen molar-refractivity contribution in [3.05, 3.63) is 29.8 Å². The van der Waals surface area contributed by atoms with E-state index < -0.39 is 14.7 Å². The van der Waals surface area contributed by atoms with Crippen LogP contribution in [0.25, 0.3) is 0 Å². The number of halogens is 2. The van der Waals surface area contributed by atoms with Crippen LogP contribution in [0.3, 0.4) is 0 Å². The van der Waals surface area contributed by atoms with Crippen molar-refractivity contribution < 1.29 is 13.2 Å². The lowest BCUT2D eigenvalue weighted by atomic mass is 10.1. The van der Waals surface area contributed by atoms with E-state index in [1.165, 1.54) is 6.26 Å². The molecule has 0 fully saturated rings. The summed E-state index contributed by atoms with van der Waals surface area (Å²) < 4.78 is 28.1. The molecular formula is C11H11Cl2NO3S. The highest BCUT2D eigenvalue weighted by Crippen LogP contribution is 2.26. The minimum absolute atomic E-state index is 0.256. The Bertz CT molecular complexity index is 566. The van der Waals surface area contributed by atoms with E-state index in [4.69, 9.17) is 27.9 Å². The van der Waals surface area contributed by atoms with Crippen LogP contribution in [0.4, 0.5) is 0 Å². The van der Waals surface area contributed by atoms with Crippen LogP contribution in [0.2, 0.25) is 0 Å². The van der Waals surface area contributed by atoms with E-state index in [0.29, 0.717) is 12.4 Å². The molecule has 0 spiro atoms. The zero-order chi connectivity index (χ0) is 13.3. The molecule has 7 heteroatoms. The van der Waals surface area contributed by atoms with Gasteiger partial charge in [-0.05, 0) is 17.7 Å². The number of hydrogen-bond donors (Lipinski definition) is 0. The van der Waals surface area contributed by atoms with Gasteiger partial charge in [-0.1, -0.05) is 35.3 Å². The minimum atomic E-state index is -3.18. The van der Waals surface area contributed by atoms with Crippen molar-refractivity contribution in [2.45, 2.75) is 15.8 Å². The largest absolute Gasteiger partial charge is 0.469 e. The predicted octanol–water partition coefficient (Wildman–Crippen LogP) is 2.36. The van der Waals surface area contributed by atoms with Gasteiger partial charge in [0.2, 0.25) is 5.90 Å². The van der Waals surface area contributed by atoms with E-state index in [2.05, 4.69) is 4.99 Å². The first kappa shape index (κ1) is 13.6. The SMILES string of the molecule is CS(=O)(=O)c1ccc(C2CN=C(C(Cl)Cl)O2)cc1. The van der Waals surface area contributed by atoms with Gasteiger partial charge in [0.15, 0.2) is 14.7 Å². The molecule has 0 aliphatic carbocycles. The summed E-state index contributed by atoms with van der Waals surface area (Å²) in [4.78, 5) is 3.58. The maximum absolute atomic E-state index is 11.3. The smallest absolute Gasteiger partial charge is 0.218 e. The van der Waals surface area contributed by atoms with Gasteiger partial charge in [-0.3, -0.25) is 0 Å². The van der Waals surface area contributed by atoms with Gasteiger partial charge in [0.1, 0.15) is 6.10 Å². The lowest BCUT2D eigenvalue weighted by molar-refractivity contribution is 0.227. The maximum atomic E-state index is 11.3. The number of nitrogens with zero attached hydrogens (tertiary/aromatic N) is 1. The molecule has 98 valence electrons. The van der Waals surface area contributed by atoms with Crippen LogP contribution in [0.5, 0.6) is 0 Å². The van der Waals surface area contributed by atoms with Gasteiger partial charge in [0, 0.05) is 6.26 Å². The number of alkyl halides is 2. The van der Waals surface area contributed by atoms with Gasteiger partial charge >= 0.3 is 0 Å². The van der Waals surface area contributed by atoms with Crippen molar-refractivity contribution in [3.8, 4) is 0 Å². The highest BCUT2D eigenvalue weighted by molar-refractivity contribution is 7.90. The van der Waals surface area contributed by atoms with Gasteiger partial charge in [-0.25, -0.2) is 13.4 Å². The molecule has 1 unspecified atom stereocenters. The summed E-state index contributed by atoms with van der Waals surface area (Å²) in [6, 6.07) is 6.50. The highest BCUT2D eigenvalue weighted by Gasteiger charge is 2.25. The molecule has 4 nitrogen and oxygen atoms in total. The van der Waals surface area contributed by atoms with Crippen LogP contribution in [-0.4, -0.2) is 32.0 Å². The lowest BCUT2D eigenvalue weighted by Gasteiger charge is -2.12. The Hall–Kier alpha value is -0.780. The number of aliphatic imine (C=N–C) groups is 1. The Balaban J connectivity index is 2.14. The summed E-state index contributed by atoms with van der Waals surface area (Å²) in [5, 5.41) is 0. The third kappa shape index (κ3) is 2.96. The Morgan fingerprint density at radius 1 is 1.33 bits per heavy atom. The first-order chi connectivity index (χ1) is 8.38. The van der Waals surface area contributed by atoms with Crippen molar-refractivity contribution in [1.82, 2.24) is 0 Å². The highest BCUT2D eigenvalue weighted by atomic mass is 35.5. The Kier molecular flexibility index (Phi) is 3.84. The minimum Gasteiger partial charge on any atom is -0.469 e. The fraction of sp³-hybridized carbons (Fsp3) is 0.364. The van der Waals surface area contributed by atoms with Gasteiger partial charge in [-0.15, -0.1) is 0 Å². The fourth-order valence-electron chi connectivity index (χ4n) is 1.62. The molecule has 1 atom stereocenters. The van der Waals surface area contributed by atoms with E-state index in [9.17, 15) is 8.42 Å². The fourth-order valence-corrected chi connectivity index (χ4v) is 2.49. The van der Waals surface area contributed by atoms with Gasteiger partial charge in [-0.2, -0.15) is 0 Å². The van der Waals surface area contributed by atoms with Crippen LogP contribution in [0, 0.1) is 0 Å². The molecule has 1 aromatic rings. The third-order valence-corrected chi connectivity index (χ3v) is 4.04. The number of ether oxygens (including phenoxy) is 1. The second-order valence-electron chi connectivity index (χ2n) is 3.93. The van der Waals surface area contributed by atoms with Crippen molar-refractivity contribution in [2.75, 3.05) is 12.8 Å². The lowest BCUT2D eigenvalue weighted by Crippen LogP contribution is -2.11. The molecule has 0 saturated heterocycles. The summed E-state index contributed by atoms with van der Waals surface area (Å²) in [6.45, 7) is 0.434. The summed E-state index contributed by atoms with van der Waals surface area (Å²) in [6.07, 6.45) is 0.912. The Morgan fingerprint density at radius 3 is 2.39 bits per heavy atom. The molecule has 1 aromatic carbocycles. The molecule has 0 amide bonds. The number of hydrogen-bond acceptors (Lipinski definition) is 4. The summed E-state index contributed by atoms with van der Waals surface area (Å²) in [5.41, 5.74) is 0.843. The van der Waals surface area contributed by atoms with E-state index in [-0.39, 0.29) is 11.0 Å². The molecule has 0 N–H and O–H groups in total. The second kappa shape index (κ2) is 5.07. The van der Waals surface area contributed by atoms with E-state index in [1.807, 2.05) is 0 Å². The van der Waals surface area contributed by atoms with Crippen LogP contribution in [0.1, 0.15) is 11.7 Å².